The zero-order chi connectivity index (χ0) is 12.1. The van der Waals surface area contributed by atoms with E-state index in [1.807, 2.05) is 23.9 Å². The molecule has 88 valence electrons. The number of rotatable bonds is 5. The summed E-state index contributed by atoms with van der Waals surface area (Å²) >= 11 is 0. The SMILES string of the molecule is Cn1cc(CNCCc2ncn[nH]2)cc1C#N. The van der Waals surface area contributed by atoms with E-state index in [0.29, 0.717) is 5.69 Å². The Hall–Kier alpha value is -2.13. The summed E-state index contributed by atoms with van der Waals surface area (Å²) in [4.78, 5) is 4.04. The van der Waals surface area contributed by atoms with E-state index in [1.165, 1.54) is 6.33 Å². The second-order valence-electron chi connectivity index (χ2n) is 3.82. The third kappa shape index (κ3) is 2.92. The lowest BCUT2D eigenvalue weighted by atomic mass is 10.3. The smallest absolute Gasteiger partial charge is 0.137 e. The summed E-state index contributed by atoms with van der Waals surface area (Å²) in [7, 11) is 1.87. The van der Waals surface area contributed by atoms with E-state index >= 15 is 0 Å². The van der Waals surface area contributed by atoms with E-state index in [4.69, 9.17) is 5.26 Å². The number of hydrogen-bond donors (Lipinski definition) is 2. The van der Waals surface area contributed by atoms with Gasteiger partial charge in [0.05, 0.1) is 0 Å². The van der Waals surface area contributed by atoms with E-state index < -0.39 is 0 Å². The number of hydrogen-bond acceptors (Lipinski definition) is 4. The zero-order valence-electron chi connectivity index (χ0n) is 9.64. The molecule has 2 aromatic rings. The number of aromatic amines is 1. The summed E-state index contributed by atoms with van der Waals surface area (Å²) in [5.41, 5.74) is 1.79. The molecule has 0 atom stereocenters. The quantitative estimate of drug-likeness (QED) is 0.726. The maximum atomic E-state index is 8.82. The monoisotopic (exact) mass is 230 g/mol. The molecule has 0 aliphatic carbocycles. The molecule has 2 aromatic heterocycles. The molecule has 17 heavy (non-hydrogen) atoms. The highest BCUT2D eigenvalue weighted by atomic mass is 15.2. The number of aromatic nitrogens is 4. The maximum Gasteiger partial charge on any atom is 0.137 e. The van der Waals surface area contributed by atoms with Crippen LogP contribution in [-0.4, -0.2) is 26.3 Å². The molecular formula is C11H14N6. The molecule has 0 saturated carbocycles. The normalized spacial score (nSPS) is 10.4. The first kappa shape index (κ1) is 11.4. The van der Waals surface area contributed by atoms with Gasteiger partial charge in [-0.2, -0.15) is 10.4 Å². The average molecular weight is 230 g/mol. The van der Waals surface area contributed by atoms with Gasteiger partial charge in [-0.05, 0) is 11.6 Å². The van der Waals surface area contributed by atoms with E-state index in [-0.39, 0.29) is 0 Å². The Balaban J connectivity index is 1.76. The first-order chi connectivity index (χ1) is 8.29. The second kappa shape index (κ2) is 5.27. The standard InChI is InChI=1S/C11H14N6/c1-17-7-9(4-10(17)5-12)6-13-3-2-11-14-8-15-16-11/h4,7-8,13H,2-3,6H2,1H3,(H,14,15,16). The Kier molecular flexibility index (Phi) is 3.52. The van der Waals surface area contributed by atoms with Crippen LogP contribution < -0.4 is 5.32 Å². The molecule has 0 unspecified atom stereocenters. The van der Waals surface area contributed by atoms with Gasteiger partial charge in [0.25, 0.3) is 0 Å². The third-order valence-electron chi connectivity index (χ3n) is 2.51. The predicted octanol–water partition coefficient (Wildman–Crippen LogP) is 0.347. The lowest BCUT2D eigenvalue weighted by molar-refractivity contribution is 0.671. The second-order valence-corrected chi connectivity index (χ2v) is 3.82. The molecule has 2 heterocycles. The maximum absolute atomic E-state index is 8.82. The molecule has 0 spiro atoms. The molecule has 0 aliphatic rings. The number of nitrogens with one attached hydrogen (secondary N) is 2. The summed E-state index contributed by atoms with van der Waals surface area (Å²) in [6.45, 7) is 1.58. The van der Waals surface area contributed by atoms with Crippen molar-refractivity contribution in [3.05, 3.63) is 35.7 Å². The van der Waals surface area contributed by atoms with Crippen molar-refractivity contribution >= 4 is 0 Å². The van der Waals surface area contributed by atoms with Crippen molar-refractivity contribution in [2.24, 2.45) is 7.05 Å². The van der Waals surface area contributed by atoms with Crippen LogP contribution in [-0.2, 0) is 20.0 Å². The highest BCUT2D eigenvalue weighted by molar-refractivity contribution is 5.28. The highest BCUT2D eigenvalue weighted by Gasteiger charge is 2.01. The molecule has 6 heteroatoms. The van der Waals surface area contributed by atoms with Crippen LogP contribution in [0, 0.1) is 11.3 Å². The zero-order valence-corrected chi connectivity index (χ0v) is 9.64. The van der Waals surface area contributed by atoms with Gasteiger partial charge in [0.1, 0.15) is 23.9 Å². The van der Waals surface area contributed by atoms with Gasteiger partial charge in [0.15, 0.2) is 0 Å². The molecule has 0 radical (unpaired) electrons. The molecule has 6 nitrogen and oxygen atoms in total. The van der Waals surface area contributed by atoms with Crippen LogP contribution in [0.25, 0.3) is 0 Å². The fourth-order valence-electron chi connectivity index (χ4n) is 1.63. The number of aryl methyl sites for hydroxylation is 1. The predicted molar refractivity (Wildman–Crippen MR) is 61.9 cm³/mol. The Morgan fingerprint density at radius 3 is 3.12 bits per heavy atom. The molecule has 0 bridgehead atoms. The molecule has 0 amide bonds. The van der Waals surface area contributed by atoms with Crippen LogP contribution in [0.4, 0.5) is 0 Å². The van der Waals surface area contributed by atoms with Crippen molar-refractivity contribution in [3.63, 3.8) is 0 Å². The fourth-order valence-corrected chi connectivity index (χ4v) is 1.63. The van der Waals surface area contributed by atoms with Gasteiger partial charge in [0, 0.05) is 32.8 Å². The molecule has 2 N–H and O–H groups in total. The van der Waals surface area contributed by atoms with Crippen LogP contribution in [0.15, 0.2) is 18.6 Å². The van der Waals surface area contributed by atoms with Gasteiger partial charge in [-0.15, -0.1) is 0 Å². The minimum atomic E-state index is 0.678. The van der Waals surface area contributed by atoms with E-state index in [2.05, 4.69) is 26.6 Å². The Labute approximate surface area is 99.3 Å². The van der Waals surface area contributed by atoms with Crippen LogP contribution in [0.3, 0.4) is 0 Å². The molecule has 0 aliphatic heterocycles. The van der Waals surface area contributed by atoms with E-state index in [9.17, 15) is 0 Å². The Bertz CT molecular complexity index is 505. The Morgan fingerprint density at radius 1 is 1.59 bits per heavy atom. The van der Waals surface area contributed by atoms with E-state index in [0.717, 1.165) is 30.9 Å². The van der Waals surface area contributed by atoms with Gasteiger partial charge in [-0.3, -0.25) is 5.10 Å². The largest absolute Gasteiger partial charge is 0.342 e. The van der Waals surface area contributed by atoms with Gasteiger partial charge < -0.3 is 9.88 Å². The summed E-state index contributed by atoms with van der Waals surface area (Å²) in [6, 6.07) is 4.03. The van der Waals surface area contributed by atoms with Crippen molar-refractivity contribution in [1.29, 1.82) is 5.26 Å². The first-order valence-corrected chi connectivity index (χ1v) is 5.40. The summed E-state index contributed by atoms with van der Waals surface area (Å²) in [5, 5.41) is 18.7. The first-order valence-electron chi connectivity index (χ1n) is 5.40. The lowest BCUT2D eigenvalue weighted by Crippen LogP contribution is -2.16. The van der Waals surface area contributed by atoms with Crippen LogP contribution in [0.2, 0.25) is 0 Å². The molecule has 0 fully saturated rings. The van der Waals surface area contributed by atoms with Crippen LogP contribution in [0.5, 0.6) is 0 Å². The number of H-pyrrole nitrogens is 1. The summed E-state index contributed by atoms with van der Waals surface area (Å²) in [5.74, 6) is 0.878. The fraction of sp³-hybridized carbons (Fsp3) is 0.364. The highest BCUT2D eigenvalue weighted by Crippen LogP contribution is 2.05. The van der Waals surface area contributed by atoms with Crippen molar-refractivity contribution < 1.29 is 0 Å². The van der Waals surface area contributed by atoms with Crippen LogP contribution in [0.1, 0.15) is 17.1 Å². The van der Waals surface area contributed by atoms with Crippen LogP contribution >= 0.6 is 0 Å². The summed E-state index contributed by atoms with van der Waals surface area (Å²) in [6.07, 6.45) is 4.28. The van der Waals surface area contributed by atoms with Gasteiger partial charge in [-0.1, -0.05) is 0 Å². The number of nitrogens with zero attached hydrogens (tertiary/aromatic N) is 4. The Morgan fingerprint density at radius 2 is 2.47 bits per heavy atom. The third-order valence-corrected chi connectivity index (χ3v) is 2.51. The van der Waals surface area contributed by atoms with Crippen molar-refractivity contribution in [1.82, 2.24) is 25.1 Å². The summed E-state index contributed by atoms with van der Waals surface area (Å²) < 4.78 is 1.83. The van der Waals surface area contributed by atoms with Gasteiger partial charge in [-0.25, -0.2) is 4.98 Å². The van der Waals surface area contributed by atoms with E-state index in [1.54, 1.807) is 0 Å². The molecule has 0 aromatic carbocycles. The van der Waals surface area contributed by atoms with Gasteiger partial charge >= 0.3 is 0 Å². The minimum absolute atomic E-state index is 0.678. The van der Waals surface area contributed by atoms with Crippen molar-refractivity contribution in [2.75, 3.05) is 6.54 Å². The van der Waals surface area contributed by atoms with Crippen molar-refractivity contribution in [3.8, 4) is 6.07 Å². The minimum Gasteiger partial charge on any atom is -0.342 e. The van der Waals surface area contributed by atoms with Gasteiger partial charge in [0.2, 0.25) is 0 Å². The molecule has 0 saturated heterocycles. The van der Waals surface area contributed by atoms with Crippen molar-refractivity contribution in [2.45, 2.75) is 13.0 Å². The lowest BCUT2D eigenvalue weighted by Gasteiger charge is -2.00. The average Bonchev–Trinajstić information content (AvgIpc) is 2.94. The topological polar surface area (TPSA) is 82.3 Å². The molecule has 2 rings (SSSR count). The molecular weight excluding hydrogens is 216 g/mol. The number of nitriles is 1.